The van der Waals surface area contributed by atoms with Gasteiger partial charge in [0.1, 0.15) is 16.4 Å². The first-order chi connectivity index (χ1) is 14.4. The molecule has 0 aliphatic rings. The molecule has 0 saturated heterocycles. The van der Waals surface area contributed by atoms with Gasteiger partial charge in [0.05, 0.1) is 25.6 Å². The topological polar surface area (TPSA) is 102 Å². The number of aromatic nitrogens is 1. The molecule has 0 fully saturated rings. The van der Waals surface area contributed by atoms with Gasteiger partial charge in [-0.25, -0.2) is 9.78 Å². The fourth-order valence-electron chi connectivity index (χ4n) is 2.58. The first-order valence-electron chi connectivity index (χ1n) is 8.74. The third-order valence-corrected chi connectivity index (χ3v) is 5.27. The lowest BCUT2D eigenvalue weighted by Crippen LogP contribution is -2.19. The number of thiazole rings is 1. The van der Waals surface area contributed by atoms with Gasteiger partial charge < -0.3 is 20.1 Å². The molecule has 3 amide bonds. The van der Waals surface area contributed by atoms with Crippen LogP contribution in [0.15, 0.2) is 42.5 Å². The maximum absolute atomic E-state index is 12.8. The summed E-state index contributed by atoms with van der Waals surface area (Å²) < 4.78 is 10.5. The van der Waals surface area contributed by atoms with E-state index in [0.29, 0.717) is 38.5 Å². The normalized spacial score (nSPS) is 10.3. The first kappa shape index (κ1) is 21.4. The molecule has 2 aromatic carbocycles. The molecule has 3 rings (SSSR count). The van der Waals surface area contributed by atoms with Gasteiger partial charge >= 0.3 is 6.03 Å². The van der Waals surface area contributed by atoms with E-state index in [4.69, 9.17) is 21.1 Å². The highest BCUT2D eigenvalue weighted by Gasteiger charge is 2.18. The Morgan fingerprint density at radius 2 is 1.83 bits per heavy atom. The Morgan fingerprint density at radius 1 is 1.03 bits per heavy atom. The average molecular weight is 447 g/mol. The van der Waals surface area contributed by atoms with Crippen molar-refractivity contribution in [2.75, 3.05) is 30.2 Å². The van der Waals surface area contributed by atoms with Crippen molar-refractivity contribution < 1.29 is 19.1 Å². The highest BCUT2D eigenvalue weighted by Crippen LogP contribution is 2.31. The van der Waals surface area contributed by atoms with Crippen LogP contribution >= 0.6 is 22.9 Å². The summed E-state index contributed by atoms with van der Waals surface area (Å²) in [7, 11) is 3.04. The molecule has 8 nitrogen and oxygen atoms in total. The van der Waals surface area contributed by atoms with Crippen molar-refractivity contribution in [2.24, 2.45) is 0 Å². The zero-order valence-corrected chi connectivity index (χ0v) is 18.0. The number of hydrogen-bond acceptors (Lipinski definition) is 6. The van der Waals surface area contributed by atoms with Gasteiger partial charge in [-0.05, 0) is 37.3 Å². The van der Waals surface area contributed by atoms with Gasteiger partial charge in [0.15, 0.2) is 5.13 Å². The summed E-state index contributed by atoms with van der Waals surface area (Å²) in [6.45, 7) is 1.69. The molecule has 0 radical (unpaired) electrons. The summed E-state index contributed by atoms with van der Waals surface area (Å²) in [5.41, 5.74) is 1.48. The van der Waals surface area contributed by atoms with E-state index in [9.17, 15) is 9.59 Å². The van der Waals surface area contributed by atoms with Crippen molar-refractivity contribution in [2.45, 2.75) is 6.92 Å². The molecule has 0 atom stereocenters. The predicted octanol–water partition coefficient (Wildman–Crippen LogP) is 5.02. The van der Waals surface area contributed by atoms with Gasteiger partial charge in [-0.1, -0.05) is 29.0 Å². The predicted molar refractivity (Wildman–Crippen MR) is 118 cm³/mol. The summed E-state index contributed by atoms with van der Waals surface area (Å²) in [6, 6.07) is 11.3. The number of methoxy groups -OCH3 is 2. The van der Waals surface area contributed by atoms with Gasteiger partial charge in [0, 0.05) is 16.8 Å². The van der Waals surface area contributed by atoms with Crippen LogP contribution in [0.1, 0.15) is 15.4 Å². The first-order valence-corrected chi connectivity index (χ1v) is 9.93. The Bertz CT molecular complexity index is 1090. The molecule has 156 valence electrons. The zero-order valence-electron chi connectivity index (χ0n) is 16.4. The number of benzene rings is 2. The van der Waals surface area contributed by atoms with E-state index >= 15 is 0 Å². The highest BCUT2D eigenvalue weighted by molar-refractivity contribution is 7.17. The minimum Gasteiger partial charge on any atom is -0.497 e. The van der Waals surface area contributed by atoms with Crippen molar-refractivity contribution in [3.63, 3.8) is 0 Å². The summed E-state index contributed by atoms with van der Waals surface area (Å²) >= 11 is 6.97. The monoisotopic (exact) mass is 446 g/mol. The Balaban J connectivity index is 1.71. The number of halogens is 1. The number of carbonyl (C=O) groups is 2. The highest BCUT2D eigenvalue weighted by atomic mass is 35.5. The van der Waals surface area contributed by atoms with Gasteiger partial charge in [-0.2, -0.15) is 0 Å². The van der Waals surface area contributed by atoms with Crippen molar-refractivity contribution in [1.29, 1.82) is 0 Å². The minimum atomic E-state index is -0.493. The number of hydrogen-bond donors (Lipinski definition) is 3. The van der Waals surface area contributed by atoms with Gasteiger partial charge in [0.25, 0.3) is 5.91 Å². The molecule has 3 N–H and O–H groups in total. The van der Waals surface area contributed by atoms with Gasteiger partial charge in [-0.3, -0.25) is 10.1 Å². The Morgan fingerprint density at radius 3 is 2.53 bits per heavy atom. The lowest BCUT2D eigenvalue weighted by molar-refractivity contribution is 0.102. The van der Waals surface area contributed by atoms with E-state index < -0.39 is 6.03 Å². The Hall–Kier alpha value is -3.30. The van der Waals surface area contributed by atoms with E-state index in [1.807, 2.05) is 0 Å². The van der Waals surface area contributed by atoms with Crippen molar-refractivity contribution in [1.82, 2.24) is 4.98 Å². The summed E-state index contributed by atoms with van der Waals surface area (Å²) in [5.74, 6) is 0.692. The Kier molecular flexibility index (Phi) is 6.76. The van der Waals surface area contributed by atoms with Crippen molar-refractivity contribution >= 4 is 51.4 Å². The molecule has 0 saturated carbocycles. The van der Waals surface area contributed by atoms with Crippen LogP contribution < -0.4 is 25.4 Å². The number of nitrogens with one attached hydrogen (secondary N) is 3. The molecule has 0 spiro atoms. The lowest BCUT2D eigenvalue weighted by atomic mass is 10.2. The standard InChI is InChI=1S/C20H19ClN4O4S/c1-11-17(18(26)24-15-10-14(28-2)7-8-16(15)29-3)30-20(22-11)25-19(27)23-13-6-4-5-12(21)9-13/h4-10H,1-3H3,(H,24,26)(H2,22,23,25,27). The fraction of sp³-hybridized carbons (Fsp3) is 0.150. The van der Waals surface area contributed by atoms with Crippen LogP contribution in [0, 0.1) is 6.92 Å². The second kappa shape index (κ2) is 9.47. The largest absolute Gasteiger partial charge is 0.497 e. The van der Waals surface area contributed by atoms with Crippen LogP contribution in [-0.4, -0.2) is 31.1 Å². The van der Waals surface area contributed by atoms with Crippen molar-refractivity contribution in [3.05, 3.63) is 58.1 Å². The van der Waals surface area contributed by atoms with E-state index in [-0.39, 0.29) is 11.0 Å². The number of urea groups is 1. The van der Waals surface area contributed by atoms with Crippen LogP contribution in [-0.2, 0) is 0 Å². The van der Waals surface area contributed by atoms with Crippen LogP contribution in [0.25, 0.3) is 0 Å². The lowest BCUT2D eigenvalue weighted by Gasteiger charge is -2.11. The molecule has 0 unspecified atom stereocenters. The van der Waals surface area contributed by atoms with Crippen LogP contribution in [0.5, 0.6) is 11.5 Å². The molecule has 0 aliphatic carbocycles. The SMILES string of the molecule is COc1ccc(OC)c(NC(=O)c2sc(NC(=O)Nc3cccc(Cl)c3)nc2C)c1. The second-order valence-corrected chi connectivity index (χ2v) is 7.48. The molecule has 0 bridgehead atoms. The maximum atomic E-state index is 12.8. The van der Waals surface area contributed by atoms with E-state index in [0.717, 1.165) is 11.3 Å². The molecule has 10 heteroatoms. The molecular formula is C20H19ClN4O4S. The Labute approximate surface area is 182 Å². The number of aryl methyl sites for hydroxylation is 1. The third-order valence-electron chi connectivity index (χ3n) is 3.96. The number of amides is 3. The maximum Gasteiger partial charge on any atom is 0.325 e. The molecule has 30 heavy (non-hydrogen) atoms. The smallest absolute Gasteiger partial charge is 0.325 e. The second-order valence-electron chi connectivity index (χ2n) is 6.04. The summed E-state index contributed by atoms with van der Waals surface area (Å²) in [4.78, 5) is 29.6. The van der Waals surface area contributed by atoms with E-state index in [1.54, 1.807) is 49.4 Å². The van der Waals surface area contributed by atoms with Gasteiger partial charge in [-0.15, -0.1) is 0 Å². The quantitative estimate of drug-likeness (QED) is 0.493. The number of carbonyl (C=O) groups excluding carboxylic acids is 2. The molecule has 1 aromatic heterocycles. The molecule has 1 heterocycles. The van der Waals surface area contributed by atoms with E-state index in [2.05, 4.69) is 20.9 Å². The van der Waals surface area contributed by atoms with Crippen molar-refractivity contribution in [3.8, 4) is 11.5 Å². The van der Waals surface area contributed by atoms with Gasteiger partial charge in [0.2, 0.25) is 0 Å². The van der Waals surface area contributed by atoms with Crippen LogP contribution in [0.4, 0.5) is 21.3 Å². The molecule has 0 aliphatic heterocycles. The number of nitrogens with zero attached hydrogens (tertiary/aromatic N) is 1. The van der Waals surface area contributed by atoms with Crippen LogP contribution in [0.2, 0.25) is 5.02 Å². The number of rotatable bonds is 6. The summed E-state index contributed by atoms with van der Waals surface area (Å²) in [5, 5.41) is 8.86. The third kappa shape index (κ3) is 5.19. The zero-order chi connectivity index (χ0) is 21.7. The fourth-order valence-corrected chi connectivity index (χ4v) is 3.62. The molecule has 3 aromatic rings. The number of ether oxygens (including phenoxy) is 2. The van der Waals surface area contributed by atoms with E-state index in [1.165, 1.54) is 14.2 Å². The summed E-state index contributed by atoms with van der Waals surface area (Å²) in [6.07, 6.45) is 0. The number of anilines is 3. The minimum absolute atomic E-state index is 0.287. The van der Waals surface area contributed by atoms with Crippen LogP contribution in [0.3, 0.4) is 0 Å². The average Bonchev–Trinajstić information content (AvgIpc) is 3.07. The molecular weight excluding hydrogens is 428 g/mol.